The number of hydrogen-bond acceptors (Lipinski definition) is 4. The lowest BCUT2D eigenvalue weighted by atomic mass is 10.2. The Morgan fingerprint density at radius 3 is 3.00 bits per heavy atom. The number of benzene rings is 1. The summed E-state index contributed by atoms with van der Waals surface area (Å²) >= 11 is 3.30. The Bertz CT molecular complexity index is 814. The van der Waals surface area contributed by atoms with Crippen LogP contribution < -0.4 is 5.56 Å². The molecule has 0 saturated carbocycles. The fourth-order valence-electron chi connectivity index (χ4n) is 2.07. The second-order valence-electron chi connectivity index (χ2n) is 3.92. The van der Waals surface area contributed by atoms with Crippen LogP contribution in [0, 0.1) is 11.3 Å². The molecule has 18 heavy (non-hydrogen) atoms. The van der Waals surface area contributed by atoms with Crippen LogP contribution in [0.4, 0.5) is 0 Å². The van der Waals surface area contributed by atoms with Crippen LogP contribution in [-0.2, 0) is 6.54 Å². The average molecular weight is 304 g/mol. The van der Waals surface area contributed by atoms with Gasteiger partial charge in [-0.25, -0.2) is 0 Å². The third-order valence-electron chi connectivity index (χ3n) is 2.87. The predicted molar refractivity (Wildman–Crippen MR) is 68.9 cm³/mol. The van der Waals surface area contributed by atoms with Crippen LogP contribution in [0.3, 0.4) is 0 Å². The van der Waals surface area contributed by atoms with Crippen LogP contribution in [0.25, 0.3) is 16.5 Å². The van der Waals surface area contributed by atoms with Crippen molar-refractivity contribution in [3.05, 3.63) is 44.6 Å². The number of hydrogen-bond donors (Lipinski definition) is 1. The molecule has 5 nitrogen and oxygen atoms in total. The van der Waals surface area contributed by atoms with Crippen LogP contribution in [0.5, 0.6) is 0 Å². The molecule has 0 spiro atoms. The molecule has 0 saturated heterocycles. The first-order valence-corrected chi connectivity index (χ1v) is 5.94. The van der Waals surface area contributed by atoms with Gasteiger partial charge in [-0.05, 0) is 18.2 Å². The average Bonchev–Trinajstić information content (AvgIpc) is 2.65. The van der Waals surface area contributed by atoms with Gasteiger partial charge in [-0.15, -0.1) is 0 Å². The highest BCUT2D eigenvalue weighted by atomic mass is 79.9. The molecule has 1 aliphatic heterocycles. The second kappa shape index (κ2) is 3.68. The molecule has 2 aromatic rings. The summed E-state index contributed by atoms with van der Waals surface area (Å²) in [5, 5.41) is 19.1. The van der Waals surface area contributed by atoms with E-state index >= 15 is 0 Å². The Hall–Kier alpha value is -2.13. The number of fused-ring (bicyclic) bond motifs is 3. The Morgan fingerprint density at radius 2 is 2.28 bits per heavy atom. The van der Waals surface area contributed by atoms with Crippen molar-refractivity contribution in [3.8, 4) is 6.07 Å². The molecule has 1 aliphatic rings. The predicted octanol–water partition coefficient (Wildman–Crippen LogP) is 1.97. The maximum atomic E-state index is 11.9. The summed E-state index contributed by atoms with van der Waals surface area (Å²) in [5.41, 5.74) is 0.321. The van der Waals surface area contributed by atoms with Crippen molar-refractivity contribution in [1.82, 2.24) is 9.55 Å². The zero-order valence-corrected chi connectivity index (χ0v) is 10.6. The maximum Gasteiger partial charge on any atom is 0.281 e. The van der Waals surface area contributed by atoms with Gasteiger partial charge in [0.1, 0.15) is 17.4 Å². The van der Waals surface area contributed by atoms with E-state index in [1.165, 1.54) is 0 Å². The van der Waals surface area contributed by atoms with E-state index in [2.05, 4.69) is 20.9 Å². The van der Waals surface area contributed by atoms with Crippen molar-refractivity contribution in [2.75, 3.05) is 0 Å². The highest BCUT2D eigenvalue weighted by Crippen LogP contribution is 2.27. The molecule has 0 unspecified atom stereocenters. The minimum atomic E-state index is -0.403. The normalized spacial score (nSPS) is 13.8. The monoisotopic (exact) mass is 303 g/mol. The summed E-state index contributed by atoms with van der Waals surface area (Å²) in [6, 6.07) is 7.12. The van der Waals surface area contributed by atoms with E-state index in [9.17, 15) is 9.90 Å². The molecule has 0 aliphatic carbocycles. The Labute approximate surface area is 110 Å². The standard InChI is InChI=1S/C12H6BrN3O2/c13-6-1-2-9-7(3-6)12(18)15-11-8(4-14)10(17)5-16(9)11/h1-3,17H,5H2. The molecule has 1 aromatic carbocycles. The van der Waals surface area contributed by atoms with Gasteiger partial charge >= 0.3 is 0 Å². The minimum Gasteiger partial charge on any atom is -0.509 e. The molecule has 88 valence electrons. The molecule has 0 fully saturated rings. The molecular weight excluding hydrogens is 298 g/mol. The number of nitriles is 1. The fourth-order valence-corrected chi connectivity index (χ4v) is 2.43. The van der Waals surface area contributed by atoms with E-state index < -0.39 is 5.56 Å². The first-order valence-electron chi connectivity index (χ1n) is 5.14. The van der Waals surface area contributed by atoms with Crippen molar-refractivity contribution in [1.29, 1.82) is 5.26 Å². The molecule has 1 aromatic heterocycles. The third kappa shape index (κ3) is 1.38. The quantitative estimate of drug-likeness (QED) is 0.807. The number of rotatable bonds is 0. The number of aliphatic hydroxyl groups is 1. The molecule has 0 amide bonds. The van der Waals surface area contributed by atoms with Gasteiger partial charge in [0.15, 0.2) is 5.82 Å². The maximum absolute atomic E-state index is 11.9. The van der Waals surface area contributed by atoms with Gasteiger partial charge < -0.3 is 9.67 Å². The van der Waals surface area contributed by atoms with Gasteiger partial charge in [-0.2, -0.15) is 10.2 Å². The van der Waals surface area contributed by atoms with Gasteiger partial charge in [-0.3, -0.25) is 4.79 Å². The lowest BCUT2D eigenvalue weighted by Crippen LogP contribution is -2.15. The smallest absolute Gasteiger partial charge is 0.281 e. The zero-order valence-electron chi connectivity index (χ0n) is 9.01. The number of nitrogens with zero attached hydrogens (tertiary/aromatic N) is 3. The molecule has 6 heteroatoms. The first-order chi connectivity index (χ1) is 8.61. The lowest BCUT2D eigenvalue weighted by molar-refractivity contribution is 0.389. The fraction of sp³-hybridized carbons (Fsp3) is 0.0833. The van der Waals surface area contributed by atoms with Crippen molar-refractivity contribution in [2.45, 2.75) is 6.54 Å². The largest absolute Gasteiger partial charge is 0.509 e. The van der Waals surface area contributed by atoms with Crippen LogP contribution in [-0.4, -0.2) is 14.7 Å². The third-order valence-corrected chi connectivity index (χ3v) is 3.37. The molecule has 0 radical (unpaired) electrons. The van der Waals surface area contributed by atoms with E-state index in [-0.39, 0.29) is 23.7 Å². The van der Waals surface area contributed by atoms with Gasteiger partial charge in [0.25, 0.3) is 5.56 Å². The summed E-state index contributed by atoms with van der Waals surface area (Å²) < 4.78 is 2.45. The van der Waals surface area contributed by atoms with Crippen molar-refractivity contribution >= 4 is 32.4 Å². The molecule has 1 N–H and O–H groups in total. The molecule has 0 bridgehead atoms. The van der Waals surface area contributed by atoms with Crippen LogP contribution in [0.1, 0.15) is 5.82 Å². The molecular formula is C12H6BrN3O2. The van der Waals surface area contributed by atoms with Gasteiger partial charge in [0.05, 0.1) is 17.4 Å². The highest BCUT2D eigenvalue weighted by Gasteiger charge is 2.24. The van der Waals surface area contributed by atoms with Crippen molar-refractivity contribution in [3.63, 3.8) is 0 Å². The summed E-state index contributed by atoms with van der Waals surface area (Å²) in [7, 11) is 0. The van der Waals surface area contributed by atoms with Gasteiger partial charge in [0, 0.05) is 4.47 Å². The summed E-state index contributed by atoms with van der Waals surface area (Å²) in [6.07, 6.45) is 0. The lowest BCUT2D eigenvalue weighted by Gasteiger charge is -2.08. The number of aliphatic hydroxyl groups excluding tert-OH is 1. The Kier molecular flexibility index (Phi) is 2.25. The Balaban J connectivity index is 2.45. The van der Waals surface area contributed by atoms with E-state index in [1.54, 1.807) is 22.8 Å². The van der Waals surface area contributed by atoms with Gasteiger partial charge in [0.2, 0.25) is 0 Å². The van der Waals surface area contributed by atoms with Crippen LogP contribution >= 0.6 is 15.9 Å². The van der Waals surface area contributed by atoms with E-state index in [0.29, 0.717) is 10.9 Å². The topological polar surface area (TPSA) is 78.9 Å². The zero-order chi connectivity index (χ0) is 12.9. The minimum absolute atomic E-state index is 0.0557. The number of allylic oxidation sites excluding steroid dienone is 2. The van der Waals surface area contributed by atoms with Crippen LogP contribution in [0.15, 0.2) is 33.2 Å². The van der Waals surface area contributed by atoms with Crippen molar-refractivity contribution in [2.24, 2.45) is 0 Å². The summed E-state index contributed by atoms with van der Waals surface area (Å²) in [4.78, 5) is 15.8. The van der Waals surface area contributed by atoms with Crippen LogP contribution in [0.2, 0.25) is 0 Å². The first kappa shape index (κ1) is 11.0. The summed E-state index contributed by atoms with van der Waals surface area (Å²) in [6.45, 7) is 0.170. The SMILES string of the molecule is N#CC1=C(O)Cn2c1nc(=O)c1cc(Br)ccc12. The molecule has 0 atom stereocenters. The van der Waals surface area contributed by atoms with Gasteiger partial charge in [-0.1, -0.05) is 15.9 Å². The summed E-state index contributed by atoms with van der Waals surface area (Å²) in [5.74, 6) is 0.176. The Morgan fingerprint density at radius 1 is 1.50 bits per heavy atom. The van der Waals surface area contributed by atoms with E-state index in [4.69, 9.17) is 5.26 Å². The highest BCUT2D eigenvalue weighted by molar-refractivity contribution is 9.10. The number of aromatic nitrogens is 2. The van der Waals surface area contributed by atoms with Crippen molar-refractivity contribution < 1.29 is 5.11 Å². The number of halogens is 1. The molecule has 3 rings (SSSR count). The second-order valence-corrected chi connectivity index (χ2v) is 4.84. The van der Waals surface area contributed by atoms with E-state index in [1.807, 2.05) is 6.07 Å². The molecule has 2 heterocycles. The van der Waals surface area contributed by atoms with E-state index in [0.717, 1.165) is 4.47 Å².